The van der Waals surface area contributed by atoms with Crippen molar-refractivity contribution in [2.75, 3.05) is 0 Å². The third-order valence-electron chi connectivity index (χ3n) is 3.01. The topological polar surface area (TPSA) is 4.41 Å². The molecule has 1 aliphatic rings. The summed E-state index contributed by atoms with van der Waals surface area (Å²) in [5.41, 5.74) is 2.13. The molecule has 2 aromatic rings. The lowest BCUT2D eigenvalue weighted by atomic mass is 9.91. The first-order valence-electron chi connectivity index (χ1n) is 5.40. The summed E-state index contributed by atoms with van der Waals surface area (Å²) in [4.78, 5) is 0. The van der Waals surface area contributed by atoms with E-state index < -0.39 is 6.17 Å². The van der Waals surface area contributed by atoms with Crippen molar-refractivity contribution in [1.29, 1.82) is 0 Å². The molecule has 0 radical (unpaired) electrons. The zero-order chi connectivity index (χ0) is 11.0. The molecule has 2 unspecified atom stereocenters. The molecular formula is C14H12FN. The van der Waals surface area contributed by atoms with Crippen LogP contribution in [0, 0.1) is 0 Å². The van der Waals surface area contributed by atoms with E-state index in [-0.39, 0.29) is 5.92 Å². The van der Waals surface area contributed by atoms with E-state index in [0.29, 0.717) is 0 Å². The van der Waals surface area contributed by atoms with Gasteiger partial charge in [0.15, 0.2) is 0 Å². The third kappa shape index (κ3) is 1.47. The van der Waals surface area contributed by atoms with Crippen LogP contribution in [-0.2, 0) is 0 Å². The smallest absolute Gasteiger partial charge is 0.129 e. The summed E-state index contributed by atoms with van der Waals surface area (Å²) >= 11 is 0. The predicted molar refractivity (Wildman–Crippen MR) is 63.3 cm³/mol. The number of aromatic nitrogens is 1. The lowest BCUT2D eigenvalue weighted by Gasteiger charge is -2.18. The van der Waals surface area contributed by atoms with Crippen molar-refractivity contribution in [2.24, 2.45) is 0 Å². The van der Waals surface area contributed by atoms with Crippen LogP contribution in [0.4, 0.5) is 4.39 Å². The average molecular weight is 213 g/mol. The molecule has 80 valence electrons. The van der Waals surface area contributed by atoms with Gasteiger partial charge in [0.1, 0.15) is 6.17 Å². The number of nitrogens with zero attached hydrogens (tertiary/aromatic N) is 1. The van der Waals surface area contributed by atoms with Crippen molar-refractivity contribution in [3.05, 3.63) is 66.5 Å². The minimum absolute atomic E-state index is 0.148. The van der Waals surface area contributed by atoms with Crippen molar-refractivity contribution in [2.45, 2.75) is 12.1 Å². The number of hydrogen-bond donors (Lipinski definition) is 0. The molecule has 1 aliphatic carbocycles. The zero-order valence-electron chi connectivity index (χ0n) is 8.75. The summed E-state index contributed by atoms with van der Waals surface area (Å²) in [7, 11) is 0. The fourth-order valence-electron chi connectivity index (χ4n) is 2.13. The van der Waals surface area contributed by atoms with Crippen LogP contribution < -0.4 is 0 Å². The largest absolute Gasteiger partial charge is 0.324 e. The molecule has 0 N–H and O–H groups in total. The van der Waals surface area contributed by atoms with Crippen LogP contribution in [0.5, 0.6) is 0 Å². The number of hydrogen-bond acceptors (Lipinski definition) is 0. The van der Waals surface area contributed by atoms with E-state index in [9.17, 15) is 4.39 Å². The van der Waals surface area contributed by atoms with Gasteiger partial charge in [0.2, 0.25) is 0 Å². The van der Waals surface area contributed by atoms with Gasteiger partial charge in [0.05, 0.1) is 0 Å². The van der Waals surface area contributed by atoms with Crippen molar-refractivity contribution < 1.29 is 4.39 Å². The number of alkyl halides is 1. The Kier molecular flexibility index (Phi) is 2.13. The van der Waals surface area contributed by atoms with Crippen molar-refractivity contribution in [1.82, 2.24) is 4.40 Å². The Balaban J connectivity index is 2.05. The van der Waals surface area contributed by atoms with Crippen LogP contribution in [-0.4, -0.2) is 10.6 Å². The molecule has 0 spiro atoms. The van der Waals surface area contributed by atoms with Crippen molar-refractivity contribution in [3.63, 3.8) is 0 Å². The molecule has 3 rings (SSSR count). The van der Waals surface area contributed by atoms with E-state index in [1.807, 2.05) is 53.2 Å². The Bertz CT molecular complexity index is 565. The zero-order valence-corrected chi connectivity index (χ0v) is 8.75. The lowest BCUT2D eigenvalue weighted by molar-refractivity contribution is 0.369. The fourth-order valence-corrected chi connectivity index (χ4v) is 2.13. The van der Waals surface area contributed by atoms with E-state index in [2.05, 4.69) is 0 Å². The molecule has 0 aromatic carbocycles. The molecule has 0 fully saturated rings. The first kappa shape index (κ1) is 9.40. The first-order valence-corrected chi connectivity index (χ1v) is 5.40. The summed E-state index contributed by atoms with van der Waals surface area (Å²) in [6.07, 6.45) is 10.2. The monoisotopic (exact) mass is 213 g/mol. The molecule has 2 atom stereocenters. The average Bonchev–Trinajstić information content (AvgIpc) is 2.76. The van der Waals surface area contributed by atoms with Gasteiger partial charge >= 0.3 is 0 Å². The number of rotatable bonds is 1. The van der Waals surface area contributed by atoms with Crippen LogP contribution >= 0.6 is 0 Å². The van der Waals surface area contributed by atoms with Gasteiger partial charge in [0.25, 0.3) is 0 Å². The predicted octanol–water partition coefficient (Wildman–Crippen LogP) is 3.49. The second-order valence-corrected chi connectivity index (χ2v) is 4.04. The van der Waals surface area contributed by atoms with Crippen LogP contribution in [0.3, 0.4) is 0 Å². The van der Waals surface area contributed by atoms with Gasteiger partial charge in [-0.1, -0.05) is 18.2 Å². The van der Waals surface area contributed by atoms with E-state index in [4.69, 9.17) is 0 Å². The van der Waals surface area contributed by atoms with Crippen LogP contribution in [0.1, 0.15) is 11.5 Å². The maximum Gasteiger partial charge on any atom is 0.129 e. The molecular weight excluding hydrogens is 201 g/mol. The van der Waals surface area contributed by atoms with E-state index in [1.54, 1.807) is 12.2 Å². The molecule has 2 aromatic heterocycles. The maximum atomic E-state index is 13.7. The van der Waals surface area contributed by atoms with E-state index in [0.717, 1.165) is 11.1 Å². The molecule has 0 amide bonds. The molecule has 2 heteroatoms. The molecule has 2 heterocycles. The third-order valence-corrected chi connectivity index (χ3v) is 3.01. The van der Waals surface area contributed by atoms with Gasteiger partial charge in [-0.2, -0.15) is 0 Å². The molecule has 16 heavy (non-hydrogen) atoms. The molecule has 0 saturated heterocycles. The summed E-state index contributed by atoms with van der Waals surface area (Å²) in [6, 6.07) is 8.04. The molecule has 0 aliphatic heterocycles. The quantitative estimate of drug-likeness (QED) is 0.683. The number of halogens is 1. The number of pyridine rings is 1. The molecule has 0 bridgehead atoms. The summed E-state index contributed by atoms with van der Waals surface area (Å²) in [5.74, 6) is -0.148. The molecule has 0 saturated carbocycles. The number of fused-ring (bicyclic) bond motifs is 1. The van der Waals surface area contributed by atoms with Crippen molar-refractivity contribution in [3.8, 4) is 0 Å². The minimum Gasteiger partial charge on any atom is -0.324 e. The second-order valence-electron chi connectivity index (χ2n) is 4.04. The summed E-state index contributed by atoms with van der Waals surface area (Å²) < 4.78 is 15.7. The van der Waals surface area contributed by atoms with Gasteiger partial charge in [-0.05, 0) is 35.9 Å². The lowest BCUT2D eigenvalue weighted by Crippen LogP contribution is -2.11. The Morgan fingerprint density at radius 1 is 1.06 bits per heavy atom. The van der Waals surface area contributed by atoms with Gasteiger partial charge < -0.3 is 4.40 Å². The Hall–Kier alpha value is -1.83. The van der Waals surface area contributed by atoms with Gasteiger partial charge in [-0.15, -0.1) is 0 Å². The van der Waals surface area contributed by atoms with Crippen LogP contribution in [0.15, 0.2) is 61.0 Å². The Morgan fingerprint density at radius 3 is 2.81 bits per heavy atom. The summed E-state index contributed by atoms with van der Waals surface area (Å²) in [6.45, 7) is 0. The normalized spacial score (nSPS) is 24.1. The highest BCUT2D eigenvalue weighted by Crippen LogP contribution is 2.28. The van der Waals surface area contributed by atoms with Crippen LogP contribution in [0.25, 0.3) is 5.52 Å². The van der Waals surface area contributed by atoms with Gasteiger partial charge in [0, 0.05) is 23.8 Å². The van der Waals surface area contributed by atoms with Crippen LogP contribution in [0.2, 0.25) is 0 Å². The van der Waals surface area contributed by atoms with Crippen molar-refractivity contribution >= 4 is 5.52 Å². The SMILES string of the molecule is FC1C=CC=CC1c1ccn2cccc2c1. The van der Waals surface area contributed by atoms with E-state index >= 15 is 0 Å². The van der Waals surface area contributed by atoms with Gasteiger partial charge in [-0.25, -0.2) is 4.39 Å². The summed E-state index contributed by atoms with van der Waals surface area (Å²) in [5, 5.41) is 0. The Morgan fingerprint density at radius 2 is 1.94 bits per heavy atom. The van der Waals surface area contributed by atoms with E-state index in [1.165, 1.54) is 0 Å². The minimum atomic E-state index is -0.914. The highest BCUT2D eigenvalue weighted by Gasteiger charge is 2.19. The number of allylic oxidation sites excluding steroid dienone is 4. The van der Waals surface area contributed by atoms with Gasteiger partial charge in [-0.3, -0.25) is 0 Å². The highest BCUT2D eigenvalue weighted by molar-refractivity contribution is 5.51. The first-order chi connectivity index (χ1) is 7.84. The highest BCUT2D eigenvalue weighted by atomic mass is 19.1. The standard InChI is InChI=1S/C14H12FN/c15-14-6-2-1-5-13(14)11-7-9-16-8-3-4-12(16)10-11/h1-10,13-14H. The fraction of sp³-hybridized carbons (Fsp3) is 0.143. The Labute approximate surface area is 93.5 Å². The molecule has 1 nitrogen and oxygen atoms in total. The second kappa shape index (κ2) is 3.63. The maximum absolute atomic E-state index is 13.7.